The van der Waals surface area contributed by atoms with Gasteiger partial charge in [-0.05, 0) is 84.8 Å². The van der Waals surface area contributed by atoms with E-state index < -0.39 is 0 Å². The third kappa shape index (κ3) is 2.96. The predicted octanol–water partition coefficient (Wildman–Crippen LogP) is 4.80. The summed E-state index contributed by atoms with van der Waals surface area (Å²) in [5, 5.41) is 8.32. The smallest absolute Gasteiger partial charge is 0.171 e. The van der Waals surface area contributed by atoms with E-state index in [1.807, 2.05) is 12.1 Å². The molecule has 2 aromatic rings. The number of nitrogens with one attached hydrogen (secondary N) is 2. The minimum absolute atomic E-state index is 0.248. The molecule has 23 heavy (non-hydrogen) atoms. The number of fused-ring (bicyclic) bond motifs is 2. The molecule has 0 unspecified atom stereocenters. The second-order valence-electron chi connectivity index (χ2n) is 6.33. The lowest BCUT2D eigenvalue weighted by Crippen LogP contribution is -2.31. The molecule has 0 heterocycles. The highest BCUT2D eigenvalue weighted by Gasteiger charge is 2.24. The van der Waals surface area contributed by atoms with E-state index >= 15 is 0 Å². The van der Waals surface area contributed by atoms with Crippen LogP contribution in [0, 0.1) is 0 Å². The highest BCUT2D eigenvalue weighted by Crippen LogP contribution is 2.35. The number of anilines is 1. The van der Waals surface area contributed by atoms with Crippen molar-refractivity contribution in [2.45, 2.75) is 38.1 Å². The molecule has 0 saturated carbocycles. The first-order valence-corrected chi connectivity index (χ1v) is 8.96. The summed E-state index contributed by atoms with van der Waals surface area (Å²) in [6, 6.07) is 12.9. The number of benzene rings is 2. The van der Waals surface area contributed by atoms with E-state index in [9.17, 15) is 0 Å². The summed E-state index contributed by atoms with van der Waals surface area (Å²) in [6.07, 6.45) is 5.69. The first-order valence-electron chi connectivity index (χ1n) is 8.17. The average Bonchev–Trinajstić information content (AvgIpc) is 3.15. The summed E-state index contributed by atoms with van der Waals surface area (Å²) in [5.41, 5.74) is 6.54. The van der Waals surface area contributed by atoms with Crippen molar-refractivity contribution in [3.63, 3.8) is 0 Å². The Balaban J connectivity index is 1.45. The summed E-state index contributed by atoms with van der Waals surface area (Å²) in [6.45, 7) is 0. The van der Waals surface area contributed by atoms with Gasteiger partial charge in [0.05, 0.1) is 6.04 Å². The maximum absolute atomic E-state index is 6.28. The van der Waals surface area contributed by atoms with Crippen molar-refractivity contribution in [2.75, 3.05) is 5.32 Å². The molecular formula is C19H19ClN2S. The van der Waals surface area contributed by atoms with Crippen LogP contribution < -0.4 is 10.6 Å². The highest BCUT2D eigenvalue weighted by molar-refractivity contribution is 7.80. The van der Waals surface area contributed by atoms with Crippen molar-refractivity contribution in [3.05, 3.63) is 63.7 Å². The number of thiocarbonyl (C=S) groups is 1. The third-order valence-corrected chi connectivity index (χ3v) is 5.45. The Morgan fingerprint density at radius 1 is 1.09 bits per heavy atom. The third-order valence-electron chi connectivity index (χ3n) is 4.88. The van der Waals surface area contributed by atoms with Gasteiger partial charge < -0.3 is 10.6 Å². The Morgan fingerprint density at radius 3 is 2.87 bits per heavy atom. The van der Waals surface area contributed by atoms with Gasteiger partial charge in [-0.2, -0.15) is 0 Å². The fourth-order valence-corrected chi connectivity index (χ4v) is 4.27. The van der Waals surface area contributed by atoms with Gasteiger partial charge in [0.15, 0.2) is 5.11 Å². The zero-order valence-electron chi connectivity index (χ0n) is 12.9. The van der Waals surface area contributed by atoms with Crippen LogP contribution in [-0.4, -0.2) is 5.11 Å². The molecule has 0 bridgehead atoms. The van der Waals surface area contributed by atoms with Crippen molar-refractivity contribution in [1.82, 2.24) is 5.32 Å². The van der Waals surface area contributed by atoms with Gasteiger partial charge >= 0.3 is 0 Å². The normalized spacial score (nSPS) is 18.4. The summed E-state index contributed by atoms with van der Waals surface area (Å²) >= 11 is 11.8. The zero-order chi connectivity index (χ0) is 15.8. The summed E-state index contributed by atoms with van der Waals surface area (Å²) < 4.78 is 0. The summed E-state index contributed by atoms with van der Waals surface area (Å²) in [4.78, 5) is 0. The van der Waals surface area contributed by atoms with Crippen LogP contribution in [0.15, 0.2) is 36.4 Å². The van der Waals surface area contributed by atoms with Crippen LogP contribution in [0.4, 0.5) is 5.69 Å². The lowest BCUT2D eigenvalue weighted by atomic mass is 10.1. The fraction of sp³-hybridized carbons (Fsp3) is 0.316. The van der Waals surface area contributed by atoms with Crippen LogP contribution in [0.25, 0.3) is 0 Å². The topological polar surface area (TPSA) is 24.1 Å². The second kappa shape index (κ2) is 6.14. The molecule has 118 valence electrons. The zero-order valence-corrected chi connectivity index (χ0v) is 14.4. The van der Waals surface area contributed by atoms with Crippen molar-refractivity contribution >= 4 is 34.6 Å². The van der Waals surface area contributed by atoms with E-state index in [-0.39, 0.29) is 6.04 Å². The van der Waals surface area contributed by atoms with Crippen molar-refractivity contribution in [2.24, 2.45) is 0 Å². The number of rotatable bonds is 2. The molecular weight excluding hydrogens is 324 g/mol. The van der Waals surface area contributed by atoms with E-state index in [0.717, 1.165) is 23.6 Å². The van der Waals surface area contributed by atoms with E-state index in [1.165, 1.54) is 41.5 Å². The molecule has 4 rings (SSSR count). The summed E-state index contributed by atoms with van der Waals surface area (Å²) in [5.74, 6) is 0. The first kappa shape index (κ1) is 15.0. The molecule has 4 heteroatoms. The Hall–Kier alpha value is -1.58. The molecule has 0 radical (unpaired) electrons. The summed E-state index contributed by atoms with van der Waals surface area (Å²) in [7, 11) is 0. The molecule has 0 aromatic heterocycles. The molecule has 2 aromatic carbocycles. The van der Waals surface area contributed by atoms with E-state index in [0.29, 0.717) is 5.11 Å². The number of aryl methyl sites for hydroxylation is 2. The molecule has 1 atom stereocenters. The van der Waals surface area contributed by atoms with Gasteiger partial charge in [0.2, 0.25) is 0 Å². The highest BCUT2D eigenvalue weighted by atomic mass is 35.5. The number of hydrogen-bond donors (Lipinski definition) is 2. The van der Waals surface area contributed by atoms with Crippen molar-refractivity contribution < 1.29 is 0 Å². The molecule has 0 spiro atoms. The Labute approximate surface area is 147 Å². The molecule has 2 aliphatic rings. The molecule has 2 nitrogen and oxygen atoms in total. The van der Waals surface area contributed by atoms with Crippen LogP contribution in [0.2, 0.25) is 5.02 Å². The number of hydrogen-bond acceptors (Lipinski definition) is 1. The lowest BCUT2D eigenvalue weighted by molar-refractivity contribution is 0.644. The van der Waals surface area contributed by atoms with Gasteiger partial charge in [-0.3, -0.25) is 0 Å². The quantitative estimate of drug-likeness (QED) is 0.766. The Morgan fingerprint density at radius 2 is 1.96 bits per heavy atom. The Bertz CT molecular complexity index is 772. The van der Waals surface area contributed by atoms with E-state index in [4.69, 9.17) is 23.8 Å². The molecule has 0 fully saturated rings. The molecule has 2 N–H and O–H groups in total. The largest absolute Gasteiger partial charge is 0.356 e. The first-order chi connectivity index (χ1) is 11.2. The molecule has 2 aliphatic carbocycles. The van der Waals surface area contributed by atoms with Gasteiger partial charge in [-0.15, -0.1) is 0 Å². The maximum Gasteiger partial charge on any atom is 0.171 e. The molecule has 0 amide bonds. The van der Waals surface area contributed by atoms with Crippen LogP contribution in [0.5, 0.6) is 0 Å². The van der Waals surface area contributed by atoms with Gasteiger partial charge in [0, 0.05) is 10.7 Å². The van der Waals surface area contributed by atoms with Crippen molar-refractivity contribution in [3.8, 4) is 0 Å². The lowest BCUT2D eigenvalue weighted by Gasteiger charge is -2.18. The maximum atomic E-state index is 6.28. The predicted molar refractivity (Wildman–Crippen MR) is 100 cm³/mol. The van der Waals surface area contributed by atoms with Crippen LogP contribution in [0.3, 0.4) is 0 Å². The monoisotopic (exact) mass is 342 g/mol. The van der Waals surface area contributed by atoms with Crippen LogP contribution >= 0.6 is 23.8 Å². The number of halogens is 1. The van der Waals surface area contributed by atoms with Gasteiger partial charge in [0.25, 0.3) is 0 Å². The van der Waals surface area contributed by atoms with Gasteiger partial charge in [-0.25, -0.2) is 0 Å². The van der Waals surface area contributed by atoms with Gasteiger partial charge in [-0.1, -0.05) is 29.8 Å². The standard InChI is InChI=1S/C19H19ClN2S/c20-17-6-2-5-16-15(17)9-10-18(16)22-19(23)21-14-8-7-12-3-1-4-13(12)11-14/h2,5-8,11,18H,1,3-4,9-10H2,(H2,21,22,23)/t18-/m1/s1. The van der Waals surface area contributed by atoms with E-state index in [2.05, 4.69) is 34.9 Å². The van der Waals surface area contributed by atoms with E-state index in [1.54, 1.807) is 0 Å². The molecule has 0 saturated heterocycles. The molecule has 0 aliphatic heterocycles. The van der Waals surface area contributed by atoms with Gasteiger partial charge in [0.1, 0.15) is 0 Å². The van der Waals surface area contributed by atoms with Crippen molar-refractivity contribution in [1.29, 1.82) is 0 Å². The minimum atomic E-state index is 0.248. The van der Waals surface area contributed by atoms with Crippen LogP contribution in [-0.2, 0) is 19.3 Å². The minimum Gasteiger partial charge on any atom is -0.356 e. The van der Waals surface area contributed by atoms with Crippen LogP contribution in [0.1, 0.15) is 41.1 Å². The Kier molecular flexibility index (Phi) is 4.00. The average molecular weight is 343 g/mol. The second-order valence-corrected chi connectivity index (χ2v) is 7.15. The SMILES string of the molecule is S=C(Nc1ccc2c(c1)CCC2)N[C@@H]1CCc2c(Cl)cccc21. The fourth-order valence-electron chi connectivity index (χ4n) is 3.73.